The first-order chi connectivity index (χ1) is 13.6. The number of hydrogen-bond donors (Lipinski definition) is 1. The summed E-state index contributed by atoms with van der Waals surface area (Å²) in [6.45, 7) is 4.21. The van der Waals surface area contributed by atoms with Gasteiger partial charge in [-0.1, -0.05) is 43.3 Å². The number of rotatable bonds is 6. The SMILES string of the molecule is CCc1ccc(CCC(=O)Nc2cccc(-c3cn4c(C)csc4n3)c2)cc1. The van der Waals surface area contributed by atoms with Crippen molar-refractivity contribution in [3.8, 4) is 11.3 Å². The number of imidazole rings is 1. The van der Waals surface area contributed by atoms with Gasteiger partial charge in [0.15, 0.2) is 4.96 Å². The highest BCUT2D eigenvalue weighted by Gasteiger charge is 2.09. The summed E-state index contributed by atoms with van der Waals surface area (Å²) < 4.78 is 2.09. The Morgan fingerprint density at radius 2 is 1.93 bits per heavy atom. The van der Waals surface area contributed by atoms with Gasteiger partial charge in [-0.25, -0.2) is 4.98 Å². The maximum atomic E-state index is 12.4. The fraction of sp³-hybridized carbons (Fsp3) is 0.217. The van der Waals surface area contributed by atoms with Crippen molar-refractivity contribution in [2.75, 3.05) is 5.32 Å². The highest BCUT2D eigenvalue weighted by molar-refractivity contribution is 7.15. The second-order valence-corrected chi connectivity index (χ2v) is 7.79. The number of carbonyl (C=O) groups is 1. The van der Waals surface area contributed by atoms with E-state index in [4.69, 9.17) is 0 Å². The molecule has 0 bridgehead atoms. The van der Waals surface area contributed by atoms with Crippen LogP contribution in [0.3, 0.4) is 0 Å². The number of carbonyl (C=O) groups excluding carboxylic acids is 1. The molecular formula is C23H23N3OS. The maximum Gasteiger partial charge on any atom is 0.224 e. The number of aryl methyl sites for hydroxylation is 3. The van der Waals surface area contributed by atoms with Crippen LogP contribution < -0.4 is 5.32 Å². The summed E-state index contributed by atoms with van der Waals surface area (Å²) in [5.74, 6) is 0.0263. The van der Waals surface area contributed by atoms with E-state index in [1.54, 1.807) is 11.3 Å². The van der Waals surface area contributed by atoms with E-state index in [0.717, 1.165) is 34.7 Å². The van der Waals surface area contributed by atoms with Gasteiger partial charge >= 0.3 is 0 Å². The first-order valence-electron chi connectivity index (χ1n) is 9.53. The monoisotopic (exact) mass is 389 g/mol. The normalized spacial score (nSPS) is 11.1. The van der Waals surface area contributed by atoms with E-state index < -0.39 is 0 Å². The lowest BCUT2D eigenvalue weighted by molar-refractivity contribution is -0.116. The zero-order valence-electron chi connectivity index (χ0n) is 16.1. The van der Waals surface area contributed by atoms with Gasteiger partial charge in [-0.2, -0.15) is 0 Å². The molecule has 2 aromatic heterocycles. The van der Waals surface area contributed by atoms with E-state index in [1.165, 1.54) is 16.8 Å². The van der Waals surface area contributed by atoms with Gasteiger partial charge in [-0.3, -0.25) is 9.20 Å². The molecule has 4 rings (SSSR count). The minimum absolute atomic E-state index is 0.0263. The Labute approximate surface area is 168 Å². The molecule has 0 fully saturated rings. The molecule has 0 aliphatic heterocycles. The van der Waals surface area contributed by atoms with E-state index >= 15 is 0 Å². The molecule has 1 amide bonds. The molecule has 0 aliphatic carbocycles. The van der Waals surface area contributed by atoms with Gasteiger partial charge in [-0.05, 0) is 43.0 Å². The van der Waals surface area contributed by atoms with Crippen molar-refractivity contribution in [1.29, 1.82) is 0 Å². The minimum Gasteiger partial charge on any atom is -0.326 e. The minimum atomic E-state index is 0.0263. The van der Waals surface area contributed by atoms with E-state index in [2.05, 4.69) is 58.2 Å². The van der Waals surface area contributed by atoms with Crippen LogP contribution >= 0.6 is 11.3 Å². The summed E-state index contributed by atoms with van der Waals surface area (Å²) in [4.78, 5) is 18.0. The Kier molecular flexibility index (Phi) is 5.26. The van der Waals surface area contributed by atoms with Gasteiger partial charge in [0.25, 0.3) is 0 Å². The molecule has 142 valence electrons. The summed E-state index contributed by atoms with van der Waals surface area (Å²) in [7, 11) is 0. The second-order valence-electron chi connectivity index (χ2n) is 6.95. The molecule has 2 heterocycles. The Morgan fingerprint density at radius 1 is 1.14 bits per heavy atom. The van der Waals surface area contributed by atoms with Crippen molar-refractivity contribution in [3.05, 3.63) is 76.9 Å². The molecule has 4 aromatic rings. The number of nitrogens with one attached hydrogen (secondary N) is 1. The van der Waals surface area contributed by atoms with Gasteiger partial charge in [0.2, 0.25) is 5.91 Å². The van der Waals surface area contributed by atoms with Crippen molar-refractivity contribution < 1.29 is 4.79 Å². The van der Waals surface area contributed by atoms with Crippen molar-refractivity contribution >= 4 is 27.9 Å². The van der Waals surface area contributed by atoms with Crippen molar-refractivity contribution in [2.45, 2.75) is 33.1 Å². The van der Waals surface area contributed by atoms with Crippen molar-refractivity contribution in [1.82, 2.24) is 9.38 Å². The Bertz CT molecular complexity index is 1110. The molecule has 5 heteroatoms. The van der Waals surface area contributed by atoms with Crippen molar-refractivity contribution in [2.24, 2.45) is 0 Å². The number of fused-ring (bicyclic) bond motifs is 1. The Morgan fingerprint density at radius 3 is 2.68 bits per heavy atom. The summed E-state index contributed by atoms with van der Waals surface area (Å²) in [5.41, 5.74) is 6.41. The number of amides is 1. The number of thiazole rings is 1. The van der Waals surface area contributed by atoms with Crippen LogP contribution in [0, 0.1) is 6.92 Å². The predicted molar refractivity (Wildman–Crippen MR) is 116 cm³/mol. The van der Waals surface area contributed by atoms with Gasteiger partial charge in [0.1, 0.15) is 0 Å². The highest BCUT2D eigenvalue weighted by atomic mass is 32.1. The van der Waals surface area contributed by atoms with Crippen molar-refractivity contribution in [3.63, 3.8) is 0 Å². The first kappa shape index (κ1) is 18.4. The smallest absolute Gasteiger partial charge is 0.224 e. The lowest BCUT2D eigenvalue weighted by Gasteiger charge is -2.07. The predicted octanol–water partition coefficient (Wildman–Crippen LogP) is 5.50. The molecular weight excluding hydrogens is 366 g/mol. The maximum absolute atomic E-state index is 12.4. The first-order valence-corrected chi connectivity index (χ1v) is 10.4. The molecule has 0 radical (unpaired) electrons. The largest absolute Gasteiger partial charge is 0.326 e. The third-order valence-electron chi connectivity index (χ3n) is 4.90. The summed E-state index contributed by atoms with van der Waals surface area (Å²) in [6.07, 6.45) is 4.29. The Hall–Kier alpha value is -2.92. The summed E-state index contributed by atoms with van der Waals surface area (Å²) >= 11 is 1.63. The molecule has 0 aliphatic rings. The summed E-state index contributed by atoms with van der Waals surface area (Å²) in [6, 6.07) is 16.4. The number of hydrogen-bond acceptors (Lipinski definition) is 3. The van der Waals surface area contributed by atoms with Crippen LogP contribution in [0.2, 0.25) is 0 Å². The molecule has 2 aromatic carbocycles. The zero-order chi connectivity index (χ0) is 19.5. The third kappa shape index (κ3) is 3.99. The van der Waals surface area contributed by atoms with Crippen LogP contribution in [-0.4, -0.2) is 15.3 Å². The molecule has 28 heavy (non-hydrogen) atoms. The molecule has 0 saturated carbocycles. The number of benzene rings is 2. The summed E-state index contributed by atoms with van der Waals surface area (Å²) in [5, 5.41) is 5.11. The highest BCUT2D eigenvalue weighted by Crippen LogP contribution is 2.25. The molecule has 4 nitrogen and oxygen atoms in total. The lowest BCUT2D eigenvalue weighted by Crippen LogP contribution is -2.12. The van der Waals surface area contributed by atoms with Crippen LogP contribution in [0.5, 0.6) is 0 Å². The number of nitrogens with zero attached hydrogens (tertiary/aromatic N) is 2. The molecule has 0 saturated heterocycles. The van der Waals surface area contributed by atoms with Crippen LogP contribution in [0.1, 0.15) is 30.2 Å². The third-order valence-corrected chi connectivity index (χ3v) is 5.86. The average molecular weight is 390 g/mol. The van der Waals surface area contributed by atoms with Gasteiger partial charge in [-0.15, -0.1) is 11.3 Å². The van der Waals surface area contributed by atoms with Crippen LogP contribution in [0.4, 0.5) is 5.69 Å². The van der Waals surface area contributed by atoms with Crippen LogP contribution in [0.15, 0.2) is 60.1 Å². The standard InChI is InChI=1S/C23H23N3OS/c1-3-17-7-9-18(10-8-17)11-12-22(27)24-20-6-4-5-19(13-20)21-14-26-16(2)15-28-23(26)25-21/h4-10,13-15H,3,11-12H2,1-2H3,(H,24,27). The number of aromatic nitrogens is 2. The molecule has 1 N–H and O–H groups in total. The van der Waals surface area contributed by atoms with Gasteiger partial charge < -0.3 is 5.32 Å². The zero-order valence-corrected chi connectivity index (χ0v) is 16.9. The van der Waals surface area contributed by atoms with Crippen LogP contribution in [-0.2, 0) is 17.6 Å². The fourth-order valence-corrected chi connectivity index (χ4v) is 4.06. The molecule has 0 atom stereocenters. The fourth-order valence-electron chi connectivity index (χ4n) is 3.21. The number of anilines is 1. The van der Waals surface area contributed by atoms with Crippen LogP contribution in [0.25, 0.3) is 16.2 Å². The molecule has 0 unspecified atom stereocenters. The topological polar surface area (TPSA) is 46.4 Å². The van der Waals surface area contributed by atoms with E-state index in [-0.39, 0.29) is 5.91 Å². The van der Waals surface area contributed by atoms with E-state index in [1.807, 2.05) is 30.5 Å². The van der Waals surface area contributed by atoms with Gasteiger partial charge in [0.05, 0.1) is 5.69 Å². The quantitative estimate of drug-likeness (QED) is 0.473. The lowest BCUT2D eigenvalue weighted by atomic mass is 10.1. The average Bonchev–Trinajstić information content (AvgIpc) is 3.29. The molecule has 0 spiro atoms. The van der Waals surface area contributed by atoms with E-state index in [0.29, 0.717) is 6.42 Å². The van der Waals surface area contributed by atoms with Gasteiger partial charge in [0, 0.05) is 34.9 Å². The second kappa shape index (κ2) is 7.98. The van der Waals surface area contributed by atoms with E-state index in [9.17, 15) is 4.79 Å². The Balaban J connectivity index is 1.41.